The first-order valence-electron chi connectivity index (χ1n) is 11.9. The van der Waals surface area contributed by atoms with Gasteiger partial charge < -0.3 is 28.3 Å². The molecule has 40 heavy (non-hydrogen) atoms. The molecule has 1 saturated heterocycles. The smallest absolute Gasteiger partial charge is 0.454 e. The highest BCUT2D eigenvalue weighted by Crippen LogP contribution is 2.38. The molecule has 1 aromatic heterocycles. The molecular formula is C26H26F3NO10. The first-order chi connectivity index (χ1) is 18.7. The van der Waals surface area contributed by atoms with E-state index in [0.29, 0.717) is 17.0 Å². The number of allylic oxidation sites excluding steroid dienone is 1. The standard InChI is InChI=1S/C26H26F3NO10/c1-13(31)36-12-20-22(37-14(2)32)23(38-15(3)33)24(39-16(4)34)25(40-20)30-11-17(9-10-21(35)26(27,28)29)18-7-5-6-8-19(18)30/h5-11,20,22-25H,12H2,1-4H3/b10-9+/t20-,22-,23+,24-,25-/m1/s1. The Morgan fingerprint density at radius 1 is 0.875 bits per heavy atom. The third-order valence-electron chi connectivity index (χ3n) is 5.71. The largest absolute Gasteiger partial charge is 0.463 e. The van der Waals surface area contributed by atoms with Gasteiger partial charge in [0.2, 0.25) is 0 Å². The van der Waals surface area contributed by atoms with E-state index in [4.69, 9.17) is 23.7 Å². The summed E-state index contributed by atoms with van der Waals surface area (Å²) in [6, 6.07) is 6.41. The van der Waals surface area contributed by atoms with Crippen molar-refractivity contribution in [2.75, 3.05) is 6.61 Å². The number of hydrogen-bond donors (Lipinski definition) is 0. The van der Waals surface area contributed by atoms with Crippen molar-refractivity contribution in [2.45, 2.75) is 64.5 Å². The molecule has 2 heterocycles. The van der Waals surface area contributed by atoms with Gasteiger partial charge in [-0.2, -0.15) is 13.2 Å². The van der Waals surface area contributed by atoms with E-state index in [1.165, 1.54) is 10.8 Å². The van der Waals surface area contributed by atoms with E-state index >= 15 is 0 Å². The van der Waals surface area contributed by atoms with Gasteiger partial charge in [0.1, 0.15) is 12.7 Å². The van der Waals surface area contributed by atoms with Crippen LogP contribution in [0.3, 0.4) is 0 Å². The van der Waals surface area contributed by atoms with Crippen LogP contribution in [0.1, 0.15) is 39.5 Å². The summed E-state index contributed by atoms with van der Waals surface area (Å²) in [5, 5.41) is 0.404. The van der Waals surface area contributed by atoms with E-state index in [9.17, 15) is 37.1 Å². The second-order valence-corrected chi connectivity index (χ2v) is 8.79. The molecular weight excluding hydrogens is 543 g/mol. The highest BCUT2D eigenvalue weighted by atomic mass is 19.4. The zero-order chi connectivity index (χ0) is 29.8. The second-order valence-electron chi connectivity index (χ2n) is 8.79. The first-order valence-corrected chi connectivity index (χ1v) is 11.9. The van der Waals surface area contributed by atoms with E-state index in [1.54, 1.807) is 24.3 Å². The van der Waals surface area contributed by atoms with E-state index < -0.39 is 73.1 Å². The molecule has 14 heteroatoms. The Morgan fingerprint density at radius 2 is 1.45 bits per heavy atom. The van der Waals surface area contributed by atoms with Gasteiger partial charge in [-0.3, -0.25) is 24.0 Å². The van der Waals surface area contributed by atoms with Crippen LogP contribution in [0.15, 0.2) is 36.5 Å². The number of alkyl halides is 3. The zero-order valence-electron chi connectivity index (χ0n) is 21.8. The molecule has 1 aromatic carbocycles. The summed E-state index contributed by atoms with van der Waals surface area (Å²) in [6.45, 7) is 3.92. The molecule has 1 fully saturated rings. The van der Waals surface area contributed by atoms with Crippen LogP contribution in [0.25, 0.3) is 17.0 Å². The molecule has 1 aliphatic rings. The molecule has 1 aliphatic heterocycles. The molecule has 2 aromatic rings. The number of aromatic nitrogens is 1. The Bertz CT molecular complexity index is 1330. The molecule has 11 nitrogen and oxygen atoms in total. The van der Waals surface area contributed by atoms with Crippen LogP contribution >= 0.6 is 0 Å². The number of halogens is 3. The Labute approximate surface area is 225 Å². The number of hydrogen-bond acceptors (Lipinski definition) is 10. The monoisotopic (exact) mass is 569 g/mol. The third-order valence-corrected chi connectivity index (χ3v) is 5.71. The highest BCUT2D eigenvalue weighted by molar-refractivity contribution is 6.00. The fourth-order valence-corrected chi connectivity index (χ4v) is 4.26. The normalized spacial score (nSPS) is 23.0. The van der Waals surface area contributed by atoms with Gasteiger partial charge in [-0.25, -0.2) is 0 Å². The predicted molar refractivity (Wildman–Crippen MR) is 129 cm³/mol. The summed E-state index contributed by atoms with van der Waals surface area (Å²) in [7, 11) is 0. The molecule has 0 aliphatic carbocycles. The van der Waals surface area contributed by atoms with Gasteiger partial charge in [-0.05, 0) is 18.2 Å². The molecule has 0 radical (unpaired) electrons. The lowest BCUT2D eigenvalue weighted by Gasteiger charge is -2.44. The van der Waals surface area contributed by atoms with Crippen molar-refractivity contribution in [1.29, 1.82) is 0 Å². The summed E-state index contributed by atoms with van der Waals surface area (Å²) < 4.78 is 67.2. The maximum atomic E-state index is 12.8. The molecule has 0 bridgehead atoms. The lowest BCUT2D eigenvalue weighted by atomic mass is 9.97. The number of benzene rings is 1. The Balaban J connectivity index is 2.19. The molecule has 3 rings (SSSR count). The minimum atomic E-state index is -5.07. The van der Waals surface area contributed by atoms with Crippen molar-refractivity contribution < 1.29 is 60.8 Å². The van der Waals surface area contributed by atoms with Gasteiger partial charge in [0.15, 0.2) is 24.5 Å². The van der Waals surface area contributed by atoms with Gasteiger partial charge >= 0.3 is 30.1 Å². The number of nitrogens with zero attached hydrogens (tertiary/aromatic N) is 1. The molecule has 0 N–H and O–H groups in total. The van der Waals surface area contributed by atoms with Crippen molar-refractivity contribution >= 4 is 46.6 Å². The van der Waals surface area contributed by atoms with E-state index in [2.05, 4.69) is 0 Å². The van der Waals surface area contributed by atoms with Crippen molar-refractivity contribution in [3.05, 3.63) is 42.1 Å². The number of esters is 4. The average molecular weight is 569 g/mol. The fraction of sp³-hybridized carbons (Fsp3) is 0.423. The number of rotatable bonds is 8. The first kappa shape index (κ1) is 30.3. The lowest BCUT2D eigenvalue weighted by molar-refractivity contribution is -0.267. The Kier molecular flexibility index (Phi) is 9.35. The van der Waals surface area contributed by atoms with Crippen molar-refractivity contribution in [2.24, 2.45) is 0 Å². The Morgan fingerprint density at radius 3 is 2.02 bits per heavy atom. The van der Waals surface area contributed by atoms with Gasteiger partial charge in [0.05, 0.1) is 5.52 Å². The minimum absolute atomic E-state index is 0.182. The SMILES string of the molecule is CC(=O)OC[C@H]1O[C@@H](n2cc(/C=C/C(=O)C(F)(F)F)c3ccccc32)[C@H](OC(C)=O)[C@@H](OC(C)=O)[C@@H]1OC(C)=O. The molecule has 5 atom stereocenters. The predicted octanol–water partition coefficient (Wildman–Crippen LogP) is 3.04. The molecule has 0 spiro atoms. The molecule has 216 valence electrons. The van der Waals surface area contributed by atoms with Crippen LogP contribution in [0.5, 0.6) is 0 Å². The van der Waals surface area contributed by atoms with E-state index in [1.807, 2.05) is 0 Å². The molecule has 0 amide bonds. The summed E-state index contributed by atoms with van der Waals surface area (Å²) in [5.41, 5.74) is 0.559. The van der Waals surface area contributed by atoms with E-state index in [-0.39, 0.29) is 5.56 Å². The third kappa shape index (κ3) is 7.25. The summed E-state index contributed by atoms with van der Waals surface area (Å²) in [4.78, 5) is 59.1. The molecule has 0 unspecified atom stereocenters. The fourth-order valence-electron chi connectivity index (χ4n) is 4.26. The number of carbonyl (C=O) groups excluding carboxylic acids is 5. The number of carbonyl (C=O) groups is 5. The summed E-state index contributed by atoms with van der Waals surface area (Å²) >= 11 is 0. The van der Waals surface area contributed by atoms with E-state index in [0.717, 1.165) is 33.8 Å². The zero-order valence-corrected chi connectivity index (χ0v) is 21.8. The maximum Gasteiger partial charge on any atom is 0.454 e. The topological polar surface area (TPSA) is 136 Å². The number of para-hydroxylation sites is 1. The van der Waals surface area contributed by atoms with Crippen LogP contribution in [-0.2, 0) is 47.7 Å². The summed E-state index contributed by atoms with van der Waals surface area (Å²) in [5.74, 6) is -5.20. The maximum absolute atomic E-state index is 12.8. The number of fused-ring (bicyclic) bond motifs is 1. The highest BCUT2D eigenvalue weighted by Gasteiger charge is 2.53. The average Bonchev–Trinajstić information content (AvgIpc) is 3.21. The van der Waals surface area contributed by atoms with Gasteiger partial charge in [-0.15, -0.1) is 0 Å². The van der Waals surface area contributed by atoms with Gasteiger partial charge in [-0.1, -0.05) is 18.2 Å². The van der Waals surface area contributed by atoms with Gasteiger partial charge in [0.25, 0.3) is 5.78 Å². The number of ketones is 1. The van der Waals surface area contributed by atoms with Crippen LogP contribution < -0.4 is 0 Å². The minimum Gasteiger partial charge on any atom is -0.463 e. The van der Waals surface area contributed by atoms with Crippen molar-refractivity contribution in [1.82, 2.24) is 4.57 Å². The van der Waals surface area contributed by atoms with Crippen LogP contribution in [-0.4, -0.2) is 71.4 Å². The summed E-state index contributed by atoms with van der Waals surface area (Å²) in [6.07, 6.45) is -9.21. The lowest BCUT2D eigenvalue weighted by Crippen LogP contribution is -2.60. The van der Waals surface area contributed by atoms with Crippen LogP contribution in [0.4, 0.5) is 13.2 Å². The second kappa shape index (κ2) is 12.3. The van der Waals surface area contributed by atoms with Crippen LogP contribution in [0.2, 0.25) is 0 Å². The van der Waals surface area contributed by atoms with Crippen LogP contribution in [0, 0.1) is 0 Å². The van der Waals surface area contributed by atoms with Gasteiger partial charge in [0, 0.05) is 44.8 Å². The Hall–Kier alpha value is -4.20. The molecule has 0 saturated carbocycles. The van der Waals surface area contributed by atoms with Crippen molar-refractivity contribution in [3.8, 4) is 0 Å². The van der Waals surface area contributed by atoms with Crippen molar-refractivity contribution in [3.63, 3.8) is 0 Å². The number of ether oxygens (including phenoxy) is 5. The quantitative estimate of drug-likeness (QED) is 0.265.